The van der Waals surface area contributed by atoms with Crippen LogP contribution in [0.25, 0.3) is 11.3 Å². The third kappa shape index (κ3) is 5.18. The number of aliphatic hydroxyl groups is 1. The standard InChI is InChI=1S/C29H27ClN8O4/c1-16-6-5-7-18(10-16)24(15-39)33-27(40)17(2)37-14-23-20(28(37)41)11-19(12-31-23)26-21(30)13-32-29(34-26)42-38-25-9-4-3-8-22(25)35-36-38/h3-13,17,24,35-36,39H,14-15H2,1-2H3,(H,33,40)/t17-,24-/m1/s1. The number of carbonyl (C=O) groups is 2. The molecule has 0 radical (unpaired) electrons. The Morgan fingerprint density at radius 3 is 2.81 bits per heavy atom. The molecule has 0 fully saturated rings. The van der Waals surface area contributed by atoms with E-state index in [0.29, 0.717) is 22.5 Å². The van der Waals surface area contributed by atoms with Gasteiger partial charge in [0, 0.05) is 11.8 Å². The number of hydrogen-bond donors (Lipinski definition) is 4. The van der Waals surface area contributed by atoms with Gasteiger partial charge in [-0.15, -0.1) is 10.7 Å². The van der Waals surface area contributed by atoms with E-state index in [9.17, 15) is 14.7 Å². The Bertz CT molecular complexity index is 1690. The van der Waals surface area contributed by atoms with Crippen molar-refractivity contribution in [3.05, 3.63) is 94.4 Å². The smallest absolute Gasteiger partial charge is 0.345 e. The van der Waals surface area contributed by atoms with Crippen LogP contribution in [0.4, 0.5) is 11.4 Å². The Labute approximate surface area is 246 Å². The molecule has 2 atom stereocenters. The lowest BCUT2D eigenvalue weighted by Crippen LogP contribution is -2.46. The predicted octanol–water partition coefficient (Wildman–Crippen LogP) is 3.34. The van der Waals surface area contributed by atoms with Crippen LogP contribution in [-0.2, 0) is 11.3 Å². The van der Waals surface area contributed by atoms with Crippen molar-refractivity contribution in [2.45, 2.75) is 32.5 Å². The lowest BCUT2D eigenvalue weighted by molar-refractivity contribution is -0.126. The summed E-state index contributed by atoms with van der Waals surface area (Å²) in [4.78, 5) is 47.0. The van der Waals surface area contributed by atoms with Crippen LogP contribution in [0.3, 0.4) is 0 Å². The average Bonchev–Trinajstić information content (AvgIpc) is 3.56. The number of nitrogens with one attached hydrogen (secondary N) is 3. The van der Waals surface area contributed by atoms with Crippen LogP contribution in [0.5, 0.6) is 6.01 Å². The highest BCUT2D eigenvalue weighted by atomic mass is 35.5. The van der Waals surface area contributed by atoms with Crippen molar-refractivity contribution < 1.29 is 19.5 Å². The highest BCUT2D eigenvalue weighted by Gasteiger charge is 2.36. The molecule has 4 N–H and O–H groups in total. The molecule has 2 aliphatic rings. The molecular formula is C29H27ClN8O4. The zero-order valence-electron chi connectivity index (χ0n) is 22.7. The maximum atomic E-state index is 13.4. The lowest BCUT2D eigenvalue weighted by Gasteiger charge is -2.26. The summed E-state index contributed by atoms with van der Waals surface area (Å²) >= 11 is 6.44. The van der Waals surface area contributed by atoms with Crippen LogP contribution in [0, 0.1) is 6.92 Å². The highest BCUT2D eigenvalue weighted by Crippen LogP contribution is 2.33. The summed E-state index contributed by atoms with van der Waals surface area (Å²) in [5, 5.41) is 14.4. The molecule has 0 aliphatic carbocycles. The Morgan fingerprint density at radius 2 is 2.00 bits per heavy atom. The van der Waals surface area contributed by atoms with E-state index in [0.717, 1.165) is 22.5 Å². The Morgan fingerprint density at radius 1 is 1.17 bits per heavy atom. The van der Waals surface area contributed by atoms with Crippen LogP contribution < -0.4 is 26.3 Å². The van der Waals surface area contributed by atoms with Gasteiger partial charge in [0.2, 0.25) is 5.91 Å². The molecule has 4 aromatic rings. The molecule has 2 aliphatic heterocycles. The number of anilines is 2. The van der Waals surface area contributed by atoms with Gasteiger partial charge < -0.3 is 20.2 Å². The minimum absolute atomic E-state index is 0.0196. The first-order chi connectivity index (χ1) is 20.3. The largest absolute Gasteiger partial charge is 0.394 e. The van der Waals surface area contributed by atoms with Crippen molar-refractivity contribution in [3.8, 4) is 17.3 Å². The second kappa shape index (κ2) is 11.2. The number of aryl methyl sites for hydroxylation is 1. The lowest BCUT2D eigenvalue weighted by atomic mass is 10.0. The summed E-state index contributed by atoms with van der Waals surface area (Å²) in [7, 11) is 0. The summed E-state index contributed by atoms with van der Waals surface area (Å²) in [5.74, 6) is -0.729. The monoisotopic (exact) mass is 586 g/mol. The summed E-state index contributed by atoms with van der Waals surface area (Å²) < 4.78 is 0. The first kappa shape index (κ1) is 27.4. The number of fused-ring (bicyclic) bond motifs is 2. The molecule has 214 valence electrons. The number of hydrazine groups is 2. The third-order valence-corrected chi connectivity index (χ3v) is 7.43. The molecule has 2 amide bonds. The van der Waals surface area contributed by atoms with E-state index in [2.05, 4.69) is 31.2 Å². The maximum absolute atomic E-state index is 13.4. The minimum atomic E-state index is -0.805. The zero-order chi connectivity index (χ0) is 29.4. The van der Waals surface area contributed by atoms with E-state index in [4.69, 9.17) is 16.4 Å². The van der Waals surface area contributed by atoms with E-state index >= 15 is 0 Å². The summed E-state index contributed by atoms with van der Waals surface area (Å²) in [6.07, 6.45) is 2.98. The molecule has 42 heavy (non-hydrogen) atoms. The molecule has 2 aromatic heterocycles. The number of carbonyl (C=O) groups excluding carboxylic acids is 2. The predicted molar refractivity (Wildman–Crippen MR) is 155 cm³/mol. The fourth-order valence-electron chi connectivity index (χ4n) is 4.87. The number of aromatic nitrogens is 3. The van der Waals surface area contributed by atoms with Crippen LogP contribution in [0.2, 0.25) is 5.02 Å². The molecular weight excluding hydrogens is 560 g/mol. The quantitative estimate of drug-likeness (QED) is 0.242. The molecule has 0 saturated carbocycles. The molecule has 13 heteroatoms. The van der Waals surface area contributed by atoms with Gasteiger partial charge in [-0.3, -0.25) is 20.0 Å². The number of nitrogens with zero attached hydrogens (tertiary/aromatic N) is 5. The van der Waals surface area contributed by atoms with Crippen molar-refractivity contribution >= 4 is 34.8 Å². The van der Waals surface area contributed by atoms with Crippen molar-refractivity contribution in [2.24, 2.45) is 0 Å². The fourth-order valence-corrected chi connectivity index (χ4v) is 5.07. The van der Waals surface area contributed by atoms with Gasteiger partial charge in [-0.05, 0) is 37.6 Å². The molecule has 0 spiro atoms. The van der Waals surface area contributed by atoms with Gasteiger partial charge >= 0.3 is 6.01 Å². The van der Waals surface area contributed by atoms with E-state index < -0.39 is 12.1 Å². The molecule has 4 heterocycles. The topological polar surface area (TPSA) is 145 Å². The first-order valence-electron chi connectivity index (χ1n) is 13.2. The number of benzene rings is 2. The number of rotatable bonds is 8. The molecule has 0 bridgehead atoms. The van der Waals surface area contributed by atoms with Gasteiger partial charge in [-0.2, -0.15) is 4.98 Å². The van der Waals surface area contributed by atoms with Crippen LogP contribution in [0.15, 0.2) is 67.0 Å². The third-order valence-electron chi connectivity index (χ3n) is 7.16. The molecule has 0 unspecified atom stereocenters. The Kier molecular flexibility index (Phi) is 7.33. The van der Waals surface area contributed by atoms with Crippen molar-refractivity contribution in [3.63, 3.8) is 0 Å². The van der Waals surface area contributed by atoms with E-state index in [-0.39, 0.29) is 36.0 Å². The number of hydrogen-bond acceptors (Lipinski definition) is 10. The minimum Gasteiger partial charge on any atom is -0.394 e. The number of para-hydroxylation sites is 2. The fraction of sp³-hybridized carbons (Fsp3) is 0.207. The van der Waals surface area contributed by atoms with Gasteiger partial charge in [0.05, 0.1) is 53.1 Å². The number of halogens is 1. The Balaban J connectivity index is 1.18. The van der Waals surface area contributed by atoms with E-state index in [1.807, 2.05) is 55.5 Å². The molecule has 2 aromatic carbocycles. The molecule has 6 rings (SSSR count). The molecule has 0 saturated heterocycles. The summed E-state index contributed by atoms with van der Waals surface area (Å²) in [6.45, 7) is 3.47. The average molecular weight is 587 g/mol. The second-order valence-corrected chi connectivity index (χ2v) is 10.4. The van der Waals surface area contributed by atoms with Gasteiger partial charge in [0.25, 0.3) is 5.91 Å². The molecule has 12 nitrogen and oxygen atoms in total. The number of amides is 2. The van der Waals surface area contributed by atoms with Crippen molar-refractivity contribution in [1.82, 2.24) is 30.7 Å². The van der Waals surface area contributed by atoms with Gasteiger partial charge in [0.15, 0.2) is 0 Å². The summed E-state index contributed by atoms with van der Waals surface area (Å²) in [6, 6.07) is 15.3. The number of pyridine rings is 1. The number of aliphatic hydroxyl groups excluding tert-OH is 1. The van der Waals surface area contributed by atoms with Gasteiger partial charge in [-0.25, -0.2) is 4.98 Å². The highest BCUT2D eigenvalue weighted by molar-refractivity contribution is 6.32. The zero-order valence-corrected chi connectivity index (χ0v) is 23.5. The van der Waals surface area contributed by atoms with Crippen LogP contribution in [0.1, 0.15) is 40.1 Å². The van der Waals surface area contributed by atoms with Crippen molar-refractivity contribution in [2.75, 3.05) is 17.2 Å². The maximum Gasteiger partial charge on any atom is 0.345 e. The van der Waals surface area contributed by atoms with Gasteiger partial charge in [-0.1, -0.05) is 53.6 Å². The second-order valence-electron chi connectivity index (χ2n) is 9.97. The van der Waals surface area contributed by atoms with Crippen LogP contribution in [-0.4, -0.2) is 49.4 Å². The first-order valence-corrected chi connectivity index (χ1v) is 13.6. The van der Waals surface area contributed by atoms with Crippen LogP contribution >= 0.6 is 11.6 Å². The van der Waals surface area contributed by atoms with Gasteiger partial charge in [0.1, 0.15) is 11.7 Å². The van der Waals surface area contributed by atoms with Crippen molar-refractivity contribution in [1.29, 1.82) is 0 Å². The van der Waals surface area contributed by atoms with E-state index in [1.54, 1.807) is 19.2 Å². The summed E-state index contributed by atoms with van der Waals surface area (Å²) in [5.41, 5.74) is 10.9. The van der Waals surface area contributed by atoms with E-state index in [1.165, 1.54) is 16.3 Å². The Hall–Kier alpha value is -4.78. The normalized spacial score (nSPS) is 15.1. The SMILES string of the molecule is Cc1cccc([C@@H](CO)NC(=O)[C@@H](C)N2Cc3ncc(-c4nc(ON5NNc6ccccc65)ncc4Cl)cc3C2=O)c1.